The molecule has 0 saturated heterocycles. The quantitative estimate of drug-likeness (QED) is 0.502. The number of thiophene rings is 2. The molecule has 3 rings (SSSR count). The van der Waals surface area contributed by atoms with Crippen LogP contribution in [0.25, 0.3) is 10.2 Å². The highest BCUT2D eigenvalue weighted by Crippen LogP contribution is 2.36. The van der Waals surface area contributed by atoms with E-state index in [1.807, 2.05) is 6.92 Å². The first-order valence-corrected chi connectivity index (χ1v) is 9.37. The lowest BCUT2D eigenvalue weighted by Crippen LogP contribution is -1.94. The first kappa shape index (κ1) is 15.0. The zero-order valence-corrected chi connectivity index (χ0v) is 14.8. The van der Waals surface area contributed by atoms with Crippen molar-refractivity contribution in [1.29, 1.82) is 0 Å². The number of carbonyl (C=O) groups is 1. The van der Waals surface area contributed by atoms with Crippen molar-refractivity contribution >= 4 is 66.6 Å². The molecule has 0 radical (unpaired) electrons. The minimum absolute atomic E-state index is 0.339. The number of carboxylic acid groups (broad SMARTS) is 1. The van der Waals surface area contributed by atoms with Crippen LogP contribution in [0.15, 0.2) is 26.6 Å². The molecule has 0 amide bonds. The van der Waals surface area contributed by atoms with Gasteiger partial charge in [0.15, 0.2) is 0 Å². The SMILES string of the molecule is Cc1c(C(=O)O)sc2ncnc(SCc3csc(Br)c3)c12. The van der Waals surface area contributed by atoms with E-state index in [1.54, 1.807) is 23.1 Å². The maximum absolute atomic E-state index is 11.2. The molecule has 3 aromatic heterocycles. The summed E-state index contributed by atoms with van der Waals surface area (Å²) < 4.78 is 1.10. The van der Waals surface area contributed by atoms with Gasteiger partial charge in [-0.25, -0.2) is 14.8 Å². The van der Waals surface area contributed by atoms with E-state index in [0.29, 0.717) is 4.88 Å². The van der Waals surface area contributed by atoms with Gasteiger partial charge in [-0.05, 0) is 45.4 Å². The number of thioether (sulfide) groups is 1. The van der Waals surface area contributed by atoms with Crippen LogP contribution in [0.2, 0.25) is 0 Å². The zero-order valence-electron chi connectivity index (χ0n) is 10.8. The standard InChI is InChI=1S/C13H9BrN2O2S3/c1-6-9-11(20-4-7-2-8(14)19-3-7)15-5-16-12(9)21-10(6)13(17)18/h2-3,5H,4H2,1H3,(H,17,18). The first-order chi connectivity index (χ1) is 10.1. The number of nitrogens with zero attached hydrogens (tertiary/aromatic N) is 2. The molecule has 0 fully saturated rings. The lowest BCUT2D eigenvalue weighted by molar-refractivity contribution is 0.0701. The van der Waals surface area contributed by atoms with Crippen LogP contribution < -0.4 is 0 Å². The molecule has 0 aliphatic carbocycles. The topological polar surface area (TPSA) is 63.1 Å². The fourth-order valence-electron chi connectivity index (χ4n) is 1.93. The summed E-state index contributed by atoms with van der Waals surface area (Å²) >= 11 is 7.90. The van der Waals surface area contributed by atoms with E-state index in [2.05, 4.69) is 37.3 Å². The number of aryl methyl sites for hydroxylation is 1. The lowest BCUT2D eigenvalue weighted by atomic mass is 10.2. The highest BCUT2D eigenvalue weighted by Gasteiger charge is 2.18. The molecule has 1 N–H and O–H groups in total. The Morgan fingerprint density at radius 3 is 2.95 bits per heavy atom. The van der Waals surface area contributed by atoms with Gasteiger partial charge in [-0.3, -0.25) is 0 Å². The molecule has 0 aliphatic heterocycles. The van der Waals surface area contributed by atoms with Crippen molar-refractivity contribution in [3.05, 3.63) is 37.6 Å². The van der Waals surface area contributed by atoms with E-state index in [-0.39, 0.29) is 0 Å². The third kappa shape index (κ3) is 2.98. The Balaban J connectivity index is 1.96. The summed E-state index contributed by atoms with van der Waals surface area (Å²) in [5, 5.41) is 13.0. The second-order valence-corrected chi connectivity index (χ2v) is 8.52. The van der Waals surface area contributed by atoms with Gasteiger partial charge in [0.05, 0.1) is 3.79 Å². The molecule has 0 spiro atoms. The summed E-state index contributed by atoms with van der Waals surface area (Å²) in [4.78, 5) is 20.8. The van der Waals surface area contributed by atoms with Gasteiger partial charge >= 0.3 is 5.97 Å². The van der Waals surface area contributed by atoms with Crippen LogP contribution in [0, 0.1) is 6.92 Å². The molecular weight excluding hydrogens is 392 g/mol. The largest absolute Gasteiger partial charge is 0.477 e. The predicted molar refractivity (Wildman–Crippen MR) is 90.7 cm³/mol. The van der Waals surface area contributed by atoms with Crippen molar-refractivity contribution in [2.45, 2.75) is 17.7 Å². The monoisotopic (exact) mass is 400 g/mol. The molecule has 3 aromatic rings. The van der Waals surface area contributed by atoms with Crippen LogP contribution in [0.4, 0.5) is 0 Å². The minimum atomic E-state index is -0.909. The van der Waals surface area contributed by atoms with Gasteiger partial charge in [0, 0.05) is 11.1 Å². The van der Waals surface area contributed by atoms with Gasteiger partial charge in [0.25, 0.3) is 0 Å². The van der Waals surface area contributed by atoms with Gasteiger partial charge in [0.1, 0.15) is 21.1 Å². The Labute approximate surface area is 141 Å². The van der Waals surface area contributed by atoms with Crippen LogP contribution in [-0.2, 0) is 5.75 Å². The van der Waals surface area contributed by atoms with Crippen LogP contribution in [-0.4, -0.2) is 21.0 Å². The van der Waals surface area contributed by atoms with E-state index in [1.165, 1.54) is 23.2 Å². The smallest absolute Gasteiger partial charge is 0.346 e. The molecule has 3 heterocycles. The van der Waals surface area contributed by atoms with Crippen LogP contribution in [0.3, 0.4) is 0 Å². The summed E-state index contributed by atoms with van der Waals surface area (Å²) in [6, 6.07) is 2.08. The fourth-order valence-corrected chi connectivity index (χ4v) is 5.28. The molecule has 0 aliphatic rings. The van der Waals surface area contributed by atoms with Gasteiger partial charge in [-0.2, -0.15) is 0 Å². The molecule has 4 nitrogen and oxygen atoms in total. The van der Waals surface area contributed by atoms with Gasteiger partial charge in [-0.1, -0.05) is 0 Å². The van der Waals surface area contributed by atoms with Crippen molar-refractivity contribution < 1.29 is 9.90 Å². The highest BCUT2D eigenvalue weighted by molar-refractivity contribution is 9.11. The molecular formula is C13H9BrN2O2S3. The van der Waals surface area contributed by atoms with E-state index < -0.39 is 5.97 Å². The lowest BCUT2D eigenvalue weighted by Gasteiger charge is -2.02. The third-order valence-electron chi connectivity index (χ3n) is 2.88. The Kier molecular flexibility index (Phi) is 4.30. The van der Waals surface area contributed by atoms with Gasteiger partial charge in [-0.15, -0.1) is 34.4 Å². The molecule has 0 aromatic carbocycles. The van der Waals surface area contributed by atoms with E-state index in [4.69, 9.17) is 0 Å². The predicted octanol–water partition coefficient (Wildman–Crippen LogP) is 4.81. The summed E-state index contributed by atoms with van der Waals surface area (Å²) in [5.74, 6) is -0.112. The molecule has 0 bridgehead atoms. The van der Waals surface area contributed by atoms with Crippen LogP contribution >= 0.6 is 50.4 Å². The Morgan fingerprint density at radius 1 is 1.48 bits per heavy atom. The molecule has 21 heavy (non-hydrogen) atoms. The minimum Gasteiger partial charge on any atom is -0.477 e. The fraction of sp³-hybridized carbons (Fsp3) is 0.154. The van der Waals surface area contributed by atoms with E-state index in [0.717, 1.165) is 30.3 Å². The number of hydrogen-bond acceptors (Lipinski definition) is 6. The molecule has 108 valence electrons. The summed E-state index contributed by atoms with van der Waals surface area (Å²) in [5.41, 5.74) is 1.96. The van der Waals surface area contributed by atoms with Crippen molar-refractivity contribution in [2.24, 2.45) is 0 Å². The first-order valence-electron chi connectivity index (χ1n) is 5.89. The second kappa shape index (κ2) is 6.04. The molecule has 8 heteroatoms. The number of halogens is 1. The number of aromatic carboxylic acids is 1. The normalized spacial score (nSPS) is 11.1. The second-order valence-electron chi connectivity index (χ2n) is 4.27. The van der Waals surface area contributed by atoms with Gasteiger partial charge < -0.3 is 5.11 Å². The van der Waals surface area contributed by atoms with E-state index >= 15 is 0 Å². The van der Waals surface area contributed by atoms with Crippen LogP contribution in [0.1, 0.15) is 20.8 Å². The van der Waals surface area contributed by atoms with Crippen LogP contribution in [0.5, 0.6) is 0 Å². The number of hydrogen-bond donors (Lipinski definition) is 1. The van der Waals surface area contributed by atoms with Crippen molar-refractivity contribution in [2.75, 3.05) is 0 Å². The maximum atomic E-state index is 11.2. The van der Waals surface area contributed by atoms with Gasteiger partial charge in [0.2, 0.25) is 0 Å². The summed E-state index contributed by atoms with van der Waals surface area (Å²) in [6.45, 7) is 1.82. The van der Waals surface area contributed by atoms with Crippen molar-refractivity contribution in [1.82, 2.24) is 9.97 Å². The zero-order chi connectivity index (χ0) is 15.0. The summed E-state index contributed by atoms with van der Waals surface area (Å²) in [7, 11) is 0. The highest BCUT2D eigenvalue weighted by atomic mass is 79.9. The average molecular weight is 401 g/mol. The van der Waals surface area contributed by atoms with E-state index in [9.17, 15) is 9.90 Å². The number of aromatic nitrogens is 2. The Hall–Kier alpha value is -0.960. The molecule has 0 atom stereocenters. The van der Waals surface area contributed by atoms with Crippen molar-refractivity contribution in [3.8, 4) is 0 Å². The summed E-state index contributed by atoms with van der Waals surface area (Å²) in [6.07, 6.45) is 1.50. The number of fused-ring (bicyclic) bond motifs is 1. The number of rotatable bonds is 4. The number of carboxylic acids is 1. The molecule has 0 unspecified atom stereocenters. The Bertz CT molecular complexity index is 828. The third-order valence-corrected chi connectivity index (χ3v) is 6.69. The Morgan fingerprint density at radius 2 is 2.29 bits per heavy atom. The maximum Gasteiger partial charge on any atom is 0.346 e. The van der Waals surface area contributed by atoms with Crippen molar-refractivity contribution in [3.63, 3.8) is 0 Å². The molecule has 0 saturated carbocycles. The average Bonchev–Trinajstić information content (AvgIpc) is 3.01.